The van der Waals surface area contributed by atoms with Gasteiger partial charge < -0.3 is 14.9 Å². The monoisotopic (exact) mass is 254 g/mol. The van der Waals surface area contributed by atoms with Crippen molar-refractivity contribution in [1.29, 1.82) is 0 Å². The molecule has 0 saturated heterocycles. The highest BCUT2D eigenvalue weighted by atomic mass is 15.0. The maximum atomic E-state index is 5.71. The molecule has 1 aromatic carbocycles. The molecular formula is C15H18N4. The van der Waals surface area contributed by atoms with Crippen LogP contribution in [0.1, 0.15) is 11.4 Å². The molecule has 0 unspecified atom stereocenters. The summed E-state index contributed by atoms with van der Waals surface area (Å²) in [7, 11) is 2.03. The van der Waals surface area contributed by atoms with E-state index in [0.717, 1.165) is 18.8 Å². The quantitative estimate of drug-likeness (QED) is 0.775. The molecule has 0 spiro atoms. The van der Waals surface area contributed by atoms with E-state index in [1.54, 1.807) is 0 Å². The van der Waals surface area contributed by atoms with Crippen molar-refractivity contribution in [3.8, 4) is 0 Å². The highest BCUT2D eigenvalue weighted by Crippen LogP contribution is 2.18. The van der Waals surface area contributed by atoms with E-state index in [4.69, 9.17) is 5.73 Å². The van der Waals surface area contributed by atoms with Crippen LogP contribution in [0.5, 0.6) is 0 Å². The van der Waals surface area contributed by atoms with E-state index < -0.39 is 0 Å². The molecule has 98 valence electrons. The third-order valence-electron chi connectivity index (χ3n) is 3.57. The van der Waals surface area contributed by atoms with Gasteiger partial charge in [-0.2, -0.15) is 0 Å². The normalized spacial score (nSPS) is 11.3. The number of aryl methyl sites for hydroxylation is 3. The molecule has 0 saturated carbocycles. The lowest BCUT2D eigenvalue weighted by atomic mass is 10.1. The summed E-state index contributed by atoms with van der Waals surface area (Å²) in [5.41, 5.74) is 8.13. The highest BCUT2D eigenvalue weighted by Gasteiger charge is 2.04. The van der Waals surface area contributed by atoms with Gasteiger partial charge in [0.05, 0.1) is 0 Å². The molecule has 0 radical (unpaired) electrons. The summed E-state index contributed by atoms with van der Waals surface area (Å²) in [5.74, 6) is 1.11. The highest BCUT2D eigenvalue weighted by molar-refractivity contribution is 5.80. The molecule has 0 amide bonds. The lowest BCUT2D eigenvalue weighted by Gasteiger charge is -2.07. The Hall–Kier alpha value is -2.07. The smallest absolute Gasteiger partial charge is 0.110 e. The fourth-order valence-electron chi connectivity index (χ4n) is 2.41. The summed E-state index contributed by atoms with van der Waals surface area (Å²) in [5, 5.41) is 1.26. The number of nitrogens with zero attached hydrogens (tertiary/aromatic N) is 3. The second-order valence-electron chi connectivity index (χ2n) is 4.81. The van der Waals surface area contributed by atoms with Crippen molar-refractivity contribution in [2.45, 2.75) is 19.5 Å². The minimum atomic E-state index is 0.584. The van der Waals surface area contributed by atoms with Crippen LogP contribution in [0.25, 0.3) is 10.9 Å². The van der Waals surface area contributed by atoms with Gasteiger partial charge in [-0.1, -0.05) is 12.1 Å². The van der Waals surface area contributed by atoms with Gasteiger partial charge in [-0.15, -0.1) is 0 Å². The third kappa shape index (κ3) is 2.27. The zero-order valence-electron chi connectivity index (χ0n) is 11.1. The topological polar surface area (TPSA) is 48.8 Å². The Bertz CT molecular complexity index is 693. The van der Waals surface area contributed by atoms with Crippen molar-refractivity contribution in [1.82, 2.24) is 14.1 Å². The van der Waals surface area contributed by atoms with Crippen LogP contribution in [0.2, 0.25) is 0 Å². The van der Waals surface area contributed by atoms with Crippen molar-refractivity contribution < 1.29 is 0 Å². The summed E-state index contributed by atoms with van der Waals surface area (Å²) in [6.45, 7) is 1.52. The fourth-order valence-corrected chi connectivity index (χ4v) is 2.41. The van der Waals surface area contributed by atoms with Gasteiger partial charge in [-0.25, -0.2) is 4.98 Å². The minimum Gasteiger partial charge on any atom is -0.347 e. The van der Waals surface area contributed by atoms with Crippen LogP contribution in [-0.4, -0.2) is 14.1 Å². The maximum absolute atomic E-state index is 5.71. The van der Waals surface area contributed by atoms with Gasteiger partial charge in [0, 0.05) is 50.7 Å². The Morgan fingerprint density at radius 2 is 2.11 bits per heavy atom. The molecule has 4 heteroatoms. The van der Waals surface area contributed by atoms with Crippen molar-refractivity contribution in [3.63, 3.8) is 0 Å². The SMILES string of the molecule is Cn1ccnc1CCn1ccc2ccc(CN)cc21. The summed E-state index contributed by atoms with van der Waals surface area (Å²) in [4.78, 5) is 4.36. The number of hydrogen-bond donors (Lipinski definition) is 1. The largest absolute Gasteiger partial charge is 0.347 e. The van der Waals surface area contributed by atoms with Crippen LogP contribution in [0.3, 0.4) is 0 Å². The molecule has 3 rings (SSSR count). The number of benzene rings is 1. The standard InChI is InChI=1S/C15H18N4/c1-18-9-6-17-15(18)5-8-19-7-4-13-3-2-12(11-16)10-14(13)19/h2-4,6-7,9-10H,5,8,11,16H2,1H3. The number of fused-ring (bicyclic) bond motifs is 1. The molecule has 3 aromatic rings. The minimum absolute atomic E-state index is 0.584. The van der Waals surface area contributed by atoms with Crippen molar-refractivity contribution in [3.05, 3.63) is 54.2 Å². The Morgan fingerprint density at radius 3 is 2.84 bits per heavy atom. The predicted molar refractivity (Wildman–Crippen MR) is 76.7 cm³/mol. The first-order valence-electron chi connectivity index (χ1n) is 6.52. The lowest BCUT2D eigenvalue weighted by molar-refractivity contribution is 0.667. The average molecular weight is 254 g/mol. The molecule has 0 bridgehead atoms. The molecular weight excluding hydrogens is 236 g/mol. The van der Waals surface area contributed by atoms with Crippen LogP contribution >= 0.6 is 0 Å². The van der Waals surface area contributed by atoms with E-state index in [1.165, 1.54) is 16.5 Å². The summed E-state index contributed by atoms with van der Waals surface area (Å²) in [6, 6.07) is 8.54. The summed E-state index contributed by atoms with van der Waals surface area (Å²) in [6.07, 6.45) is 6.89. The molecule has 0 aliphatic rings. The maximum Gasteiger partial charge on any atom is 0.110 e. The molecule has 0 atom stereocenters. The molecule has 4 nitrogen and oxygen atoms in total. The first-order valence-corrected chi connectivity index (χ1v) is 6.52. The van der Waals surface area contributed by atoms with Gasteiger partial charge in [-0.3, -0.25) is 0 Å². The van der Waals surface area contributed by atoms with Gasteiger partial charge in [-0.05, 0) is 23.1 Å². The second kappa shape index (κ2) is 4.90. The first kappa shape index (κ1) is 12.0. The molecule has 2 heterocycles. The van der Waals surface area contributed by atoms with E-state index in [0.29, 0.717) is 6.54 Å². The van der Waals surface area contributed by atoms with Gasteiger partial charge in [0.25, 0.3) is 0 Å². The Kier molecular flexibility index (Phi) is 3.09. The fraction of sp³-hybridized carbons (Fsp3) is 0.267. The van der Waals surface area contributed by atoms with E-state index in [2.05, 4.69) is 44.6 Å². The number of imidazole rings is 1. The van der Waals surface area contributed by atoms with Crippen LogP contribution in [0.4, 0.5) is 0 Å². The van der Waals surface area contributed by atoms with E-state index in [-0.39, 0.29) is 0 Å². The lowest BCUT2D eigenvalue weighted by Crippen LogP contribution is -2.05. The third-order valence-corrected chi connectivity index (χ3v) is 3.57. The zero-order chi connectivity index (χ0) is 13.2. The second-order valence-corrected chi connectivity index (χ2v) is 4.81. The summed E-state index contributed by atoms with van der Waals surface area (Å²) >= 11 is 0. The molecule has 2 N–H and O–H groups in total. The van der Waals surface area contributed by atoms with E-state index in [9.17, 15) is 0 Å². The Morgan fingerprint density at radius 1 is 1.21 bits per heavy atom. The van der Waals surface area contributed by atoms with E-state index in [1.807, 2.05) is 19.4 Å². The molecule has 2 aromatic heterocycles. The van der Waals surface area contributed by atoms with Crippen LogP contribution in [-0.2, 0) is 26.6 Å². The van der Waals surface area contributed by atoms with Crippen LogP contribution < -0.4 is 5.73 Å². The van der Waals surface area contributed by atoms with E-state index >= 15 is 0 Å². The van der Waals surface area contributed by atoms with Crippen LogP contribution in [0.15, 0.2) is 42.9 Å². The average Bonchev–Trinajstić information content (AvgIpc) is 3.02. The Balaban J connectivity index is 1.86. The van der Waals surface area contributed by atoms with Crippen molar-refractivity contribution in [2.24, 2.45) is 12.8 Å². The molecule has 0 fully saturated rings. The molecule has 0 aliphatic carbocycles. The van der Waals surface area contributed by atoms with Gasteiger partial charge in [0.15, 0.2) is 0 Å². The van der Waals surface area contributed by atoms with Crippen LogP contribution in [0, 0.1) is 0 Å². The predicted octanol–water partition coefficient (Wildman–Crippen LogP) is 2.08. The van der Waals surface area contributed by atoms with Gasteiger partial charge in [0.1, 0.15) is 5.82 Å². The van der Waals surface area contributed by atoms with Gasteiger partial charge >= 0.3 is 0 Å². The first-order chi connectivity index (χ1) is 9.28. The molecule has 0 aliphatic heterocycles. The molecule has 19 heavy (non-hydrogen) atoms. The Labute approximate surface area is 112 Å². The number of nitrogens with two attached hydrogens (primary N) is 1. The number of rotatable bonds is 4. The van der Waals surface area contributed by atoms with Gasteiger partial charge in [0.2, 0.25) is 0 Å². The summed E-state index contributed by atoms with van der Waals surface area (Å²) < 4.78 is 4.33. The van der Waals surface area contributed by atoms with Crippen molar-refractivity contribution >= 4 is 10.9 Å². The number of hydrogen-bond acceptors (Lipinski definition) is 2. The number of aromatic nitrogens is 3. The van der Waals surface area contributed by atoms with Crippen molar-refractivity contribution in [2.75, 3.05) is 0 Å². The zero-order valence-corrected chi connectivity index (χ0v) is 11.1.